The first kappa shape index (κ1) is 32.9. The number of hydrogen-bond acceptors (Lipinski definition) is 9. The molecule has 0 aromatic heterocycles. The highest BCUT2D eigenvalue weighted by Gasteiger charge is 2.41. The van der Waals surface area contributed by atoms with E-state index in [1.807, 2.05) is 42.5 Å². The van der Waals surface area contributed by atoms with Gasteiger partial charge in [-0.2, -0.15) is 0 Å². The number of methoxy groups -OCH3 is 2. The van der Waals surface area contributed by atoms with E-state index in [4.69, 9.17) is 41.1 Å². The third-order valence-electron chi connectivity index (χ3n) is 6.52. The molecule has 1 heterocycles. The molecular formula is C29H35NO11. The highest BCUT2D eigenvalue weighted by Crippen LogP contribution is 2.38. The van der Waals surface area contributed by atoms with Crippen LogP contribution in [0.4, 0.5) is 0 Å². The first-order valence-corrected chi connectivity index (χ1v) is 12.6. The molecule has 0 saturated carbocycles. The topological polar surface area (TPSA) is 183 Å². The van der Waals surface area contributed by atoms with Gasteiger partial charge in [-0.25, -0.2) is 4.79 Å². The summed E-state index contributed by atoms with van der Waals surface area (Å²) in [7, 11) is 3.26. The Labute approximate surface area is 237 Å². The molecule has 222 valence electrons. The van der Waals surface area contributed by atoms with Crippen LogP contribution in [-0.2, 0) is 26.5 Å². The molecule has 1 aliphatic rings. The van der Waals surface area contributed by atoms with Crippen molar-refractivity contribution in [3.63, 3.8) is 0 Å². The number of nitrogens with zero attached hydrogens (tertiary/aromatic N) is 1. The van der Waals surface area contributed by atoms with Gasteiger partial charge >= 0.3 is 17.9 Å². The summed E-state index contributed by atoms with van der Waals surface area (Å²) in [4.78, 5) is 32.8. The molecule has 41 heavy (non-hydrogen) atoms. The Kier molecular flexibility index (Phi) is 12.0. The number of ether oxygens (including phenoxy) is 3. The largest absolute Gasteiger partial charge is 0.496 e. The van der Waals surface area contributed by atoms with Gasteiger partial charge in [-0.3, -0.25) is 14.5 Å². The predicted octanol–water partition coefficient (Wildman–Crippen LogP) is 1.95. The molecule has 0 radical (unpaired) electrons. The summed E-state index contributed by atoms with van der Waals surface area (Å²) in [5.74, 6) is -0.496. The Balaban J connectivity index is 0.000000383. The number of benzene rings is 2. The van der Waals surface area contributed by atoms with E-state index < -0.39 is 42.0 Å². The van der Waals surface area contributed by atoms with Crippen molar-refractivity contribution in [3.05, 3.63) is 53.6 Å². The molecule has 0 amide bonds. The Morgan fingerprint density at radius 1 is 0.951 bits per heavy atom. The molecule has 1 aliphatic heterocycles. The zero-order valence-electron chi connectivity index (χ0n) is 22.9. The monoisotopic (exact) mass is 573 g/mol. The normalized spacial score (nSPS) is 14.5. The highest BCUT2D eigenvalue weighted by molar-refractivity contribution is 5.88. The fourth-order valence-corrected chi connectivity index (χ4v) is 4.40. The molecule has 12 nitrogen and oxygen atoms in total. The van der Waals surface area contributed by atoms with Crippen LogP contribution in [0.3, 0.4) is 0 Å². The first-order valence-electron chi connectivity index (χ1n) is 12.6. The third-order valence-corrected chi connectivity index (χ3v) is 6.52. The van der Waals surface area contributed by atoms with Crippen molar-refractivity contribution in [3.8, 4) is 29.6 Å². The number of carboxylic acids is 3. The zero-order valence-corrected chi connectivity index (χ0v) is 22.9. The van der Waals surface area contributed by atoms with Crippen molar-refractivity contribution < 1.29 is 54.1 Å². The average Bonchev–Trinajstić information content (AvgIpc) is 2.93. The number of para-hydroxylation sites is 1. The summed E-state index contributed by atoms with van der Waals surface area (Å²) in [6.45, 7) is 2.59. The van der Waals surface area contributed by atoms with Crippen molar-refractivity contribution in [2.75, 3.05) is 33.9 Å². The van der Waals surface area contributed by atoms with E-state index in [0.29, 0.717) is 24.3 Å². The van der Waals surface area contributed by atoms with Gasteiger partial charge in [-0.1, -0.05) is 30.2 Å². The number of aliphatic hydroxyl groups is 2. The van der Waals surface area contributed by atoms with E-state index in [1.54, 1.807) is 14.2 Å². The van der Waals surface area contributed by atoms with E-state index in [-0.39, 0.29) is 6.61 Å². The molecule has 1 fully saturated rings. The van der Waals surface area contributed by atoms with Crippen LogP contribution in [0.1, 0.15) is 36.8 Å². The van der Waals surface area contributed by atoms with Gasteiger partial charge in [0.25, 0.3) is 0 Å². The van der Waals surface area contributed by atoms with E-state index in [9.17, 15) is 19.5 Å². The molecule has 0 spiro atoms. The Hall–Kier alpha value is -4.31. The Morgan fingerprint density at radius 3 is 2.05 bits per heavy atom. The van der Waals surface area contributed by atoms with Gasteiger partial charge in [-0.05, 0) is 36.6 Å². The maximum absolute atomic E-state index is 11.2. The highest BCUT2D eigenvalue weighted by atomic mass is 16.5. The standard InChI is InChI=1S/C23H27NO4.C6H8O7/c1-4-15-28-21-10-9-18(16-22(21)27-3)17-24-13-11-23(25,12-14-24)19-7-5-6-8-20(19)26-2;7-3(8)1-6(13,5(11)12)2-4(9)10/h1,5-10,16,25H,11-15,17H2,2-3H3;13H,1-2H2,(H,7,8)(H,9,10)(H,11,12). The number of likely N-dealkylation sites (tertiary alicyclic amines) is 1. The van der Waals surface area contributed by atoms with E-state index in [2.05, 4.69) is 10.8 Å². The van der Waals surface area contributed by atoms with Crippen LogP contribution in [0.2, 0.25) is 0 Å². The van der Waals surface area contributed by atoms with Crippen molar-refractivity contribution in [2.24, 2.45) is 0 Å². The van der Waals surface area contributed by atoms with Gasteiger partial charge in [0.2, 0.25) is 0 Å². The lowest BCUT2D eigenvalue weighted by Gasteiger charge is -2.39. The predicted molar refractivity (Wildman–Crippen MR) is 146 cm³/mol. The summed E-state index contributed by atoms with van der Waals surface area (Å²) in [6, 6.07) is 13.6. The zero-order chi connectivity index (χ0) is 30.6. The van der Waals surface area contributed by atoms with Crippen LogP contribution in [-0.4, -0.2) is 87.9 Å². The van der Waals surface area contributed by atoms with Crippen molar-refractivity contribution in [1.82, 2.24) is 4.90 Å². The molecule has 0 atom stereocenters. The fourth-order valence-electron chi connectivity index (χ4n) is 4.40. The second kappa shape index (κ2) is 14.9. The molecule has 5 N–H and O–H groups in total. The molecule has 0 aliphatic carbocycles. The van der Waals surface area contributed by atoms with Crippen LogP contribution in [0.5, 0.6) is 17.2 Å². The SMILES string of the molecule is C#CCOc1ccc(CN2CCC(O)(c3ccccc3OC)CC2)cc1OC.O=C(O)CC(O)(CC(=O)O)C(=O)O. The van der Waals surface area contributed by atoms with E-state index >= 15 is 0 Å². The molecule has 3 rings (SSSR count). The van der Waals surface area contributed by atoms with Gasteiger partial charge in [0.15, 0.2) is 17.1 Å². The van der Waals surface area contributed by atoms with Crippen molar-refractivity contribution in [1.29, 1.82) is 0 Å². The minimum Gasteiger partial charge on any atom is -0.496 e. The Bertz CT molecular complexity index is 1230. The van der Waals surface area contributed by atoms with Crippen LogP contribution in [0, 0.1) is 12.3 Å². The Morgan fingerprint density at radius 2 is 1.54 bits per heavy atom. The molecule has 2 aromatic carbocycles. The number of carboxylic acid groups (broad SMARTS) is 3. The second-order valence-electron chi connectivity index (χ2n) is 9.46. The van der Waals surface area contributed by atoms with Gasteiger partial charge in [0.05, 0.1) is 32.7 Å². The van der Waals surface area contributed by atoms with Gasteiger partial charge in [0.1, 0.15) is 12.4 Å². The van der Waals surface area contributed by atoms with Gasteiger partial charge in [0, 0.05) is 25.2 Å². The van der Waals surface area contributed by atoms with Crippen molar-refractivity contribution >= 4 is 17.9 Å². The number of carbonyl (C=O) groups is 3. The van der Waals surface area contributed by atoms with Gasteiger partial charge < -0.3 is 39.7 Å². The summed E-state index contributed by atoms with van der Waals surface area (Å²) >= 11 is 0. The van der Waals surface area contributed by atoms with E-state index in [1.165, 1.54) is 0 Å². The molecule has 2 aromatic rings. The number of piperidine rings is 1. The van der Waals surface area contributed by atoms with Crippen LogP contribution in [0.25, 0.3) is 0 Å². The summed E-state index contributed by atoms with van der Waals surface area (Å²) in [5.41, 5.74) is -1.59. The minimum absolute atomic E-state index is 0.212. The summed E-state index contributed by atoms with van der Waals surface area (Å²) in [5, 5.41) is 45.0. The summed E-state index contributed by atoms with van der Waals surface area (Å²) in [6.07, 6.45) is 4.29. The van der Waals surface area contributed by atoms with E-state index in [0.717, 1.165) is 36.5 Å². The molecule has 12 heteroatoms. The maximum atomic E-state index is 11.2. The second-order valence-corrected chi connectivity index (χ2v) is 9.46. The van der Waals surface area contributed by atoms with Crippen LogP contribution in [0.15, 0.2) is 42.5 Å². The number of rotatable bonds is 12. The lowest BCUT2D eigenvalue weighted by atomic mass is 9.84. The number of terminal acetylenes is 1. The average molecular weight is 574 g/mol. The molecule has 0 unspecified atom stereocenters. The lowest BCUT2D eigenvalue weighted by Crippen LogP contribution is -2.42. The third kappa shape index (κ3) is 9.39. The molecule has 0 bridgehead atoms. The van der Waals surface area contributed by atoms with Crippen LogP contribution >= 0.6 is 0 Å². The van der Waals surface area contributed by atoms with Gasteiger partial charge in [-0.15, -0.1) is 6.42 Å². The maximum Gasteiger partial charge on any atom is 0.336 e. The quantitative estimate of drug-likeness (QED) is 0.233. The van der Waals surface area contributed by atoms with Crippen molar-refractivity contribution in [2.45, 2.75) is 43.4 Å². The molecular weight excluding hydrogens is 538 g/mol. The number of hydrogen-bond donors (Lipinski definition) is 5. The molecule has 1 saturated heterocycles. The smallest absolute Gasteiger partial charge is 0.336 e. The first-order chi connectivity index (χ1) is 19.4. The summed E-state index contributed by atoms with van der Waals surface area (Å²) < 4.78 is 16.4. The van der Waals surface area contributed by atoms with Crippen LogP contribution < -0.4 is 14.2 Å². The number of aliphatic carboxylic acids is 3. The minimum atomic E-state index is -2.74. The lowest BCUT2D eigenvalue weighted by molar-refractivity contribution is -0.170. The fraction of sp³-hybridized carbons (Fsp3) is 0.414.